The molecule has 0 aromatic carbocycles. The van der Waals surface area contributed by atoms with Gasteiger partial charge in [0.2, 0.25) is 0 Å². The highest BCUT2D eigenvalue weighted by Crippen LogP contribution is 2.01. The molecule has 1 rings (SSSR count). The standard InChI is InChI=1S/C8H9ClN2O/c1-7-5-11(4-2-3-9)10-8(7)6-12/h2-3,5-6H,4H2,1H3. The Balaban J connectivity index is 2.81. The van der Waals surface area contributed by atoms with E-state index < -0.39 is 0 Å². The SMILES string of the molecule is Cc1cn(CC=CCl)nc1C=O. The van der Waals surface area contributed by atoms with Gasteiger partial charge in [-0.05, 0) is 12.5 Å². The fourth-order valence-corrected chi connectivity index (χ4v) is 0.973. The third-order valence-corrected chi connectivity index (χ3v) is 1.65. The van der Waals surface area contributed by atoms with Gasteiger partial charge in [-0.1, -0.05) is 17.7 Å². The van der Waals surface area contributed by atoms with E-state index in [1.165, 1.54) is 5.54 Å². The van der Waals surface area contributed by atoms with Crippen molar-refractivity contribution in [3.05, 3.63) is 29.1 Å². The zero-order chi connectivity index (χ0) is 8.97. The number of carbonyl (C=O) groups excluding carboxylic acids is 1. The van der Waals surface area contributed by atoms with Crippen LogP contribution in [0.25, 0.3) is 0 Å². The first-order chi connectivity index (χ1) is 5.77. The Morgan fingerprint density at radius 3 is 3.00 bits per heavy atom. The molecule has 0 radical (unpaired) electrons. The maximum atomic E-state index is 10.4. The van der Waals surface area contributed by atoms with Gasteiger partial charge in [0.15, 0.2) is 6.29 Å². The lowest BCUT2D eigenvalue weighted by atomic mass is 10.3. The lowest BCUT2D eigenvalue weighted by Crippen LogP contribution is -1.95. The minimum absolute atomic E-state index is 0.484. The Hall–Kier alpha value is -1.09. The molecule has 1 heterocycles. The molecular formula is C8H9ClN2O. The average Bonchev–Trinajstić information content (AvgIpc) is 2.43. The molecule has 0 atom stereocenters. The molecule has 0 fully saturated rings. The summed E-state index contributed by atoms with van der Waals surface area (Å²) in [6.07, 6.45) is 4.31. The number of hydrogen-bond acceptors (Lipinski definition) is 2. The lowest BCUT2D eigenvalue weighted by molar-refractivity contribution is 0.111. The maximum absolute atomic E-state index is 10.4. The van der Waals surface area contributed by atoms with E-state index in [0.717, 1.165) is 11.8 Å². The van der Waals surface area contributed by atoms with Crippen LogP contribution in [-0.4, -0.2) is 16.1 Å². The van der Waals surface area contributed by atoms with Crippen LogP contribution in [0.1, 0.15) is 16.1 Å². The number of nitrogens with zero attached hydrogens (tertiary/aromatic N) is 2. The van der Waals surface area contributed by atoms with E-state index in [4.69, 9.17) is 11.6 Å². The van der Waals surface area contributed by atoms with Gasteiger partial charge >= 0.3 is 0 Å². The third-order valence-electron chi connectivity index (χ3n) is 1.48. The first-order valence-electron chi connectivity index (χ1n) is 3.52. The number of rotatable bonds is 3. The Morgan fingerprint density at radius 2 is 2.50 bits per heavy atom. The molecule has 0 spiro atoms. The maximum Gasteiger partial charge on any atom is 0.170 e. The second-order valence-corrected chi connectivity index (χ2v) is 2.65. The molecule has 0 amide bonds. The molecule has 0 aliphatic heterocycles. The molecule has 3 nitrogen and oxygen atoms in total. The largest absolute Gasteiger partial charge is 0.296 e. The molecule has 0 bridgehead atoms. The molecule has 0 unspecified atom stereocenters. The van der Waals surface area contributed by atoms with Crippen LogP contribution in [0.4, 0.5) is 0 Å². The van der Waals surface area contributed by atoms with Gasteiger partial charge in [0, 0.05) is 11.7 Å². The normalized spacial score (nSPS) is 10.8. The number of aldehydes is 1. The van der Waals surface area contributed by atoms with Crippen molar-refractivity contribution in [1.82, 2.24) is 9.78 Å². The number of aromatic nitrogens is 2. The first-order valence-corrected chi connectivity index (χ1v) is 3.96. The van der Waals surface area contributed by atoms with Crippen LogP contribution in [-0.2, 0) is 6.54 Å². The summed E-state index contributed by atoms with van der Waals surface area (Å²) in [5, 5.41) is 4.00. The first kappa shape index (κ1) is 9.00. The topological polar surface area (TPSA) is 34.9 Å². The lowest BCUT2D eigenvalue weighted by Gasteiger charge is -1.91. The van der Waals surface area contributed by atoms with Crippen molar-refractivity contribution < 1.29 is 4.79 Å². The smallest absolute Gasteiger partial charge is 0.170 e. The quantitative estimate of drug-likeness (QED) is 0.671. The van der Waals surface area contributed by atoms with Gasteiger partial charge in [-0.15, -0.1) is 0 Å². The van der Waals surface area contributed by atoms with Gasteiger partial charge in [-0.2, -0.15) is 5.10 Å². The third kappa shape index (κ3) is 1.95. The number of carbonyl (C=O) groups is 1. The van der Waals surface area contributed by atoms with Gasteiger partial charge in [0.05, 0.1) is 6.54 Å². The molecular weight excluding hydrogens is 176 g/mol. The fourth-order valence-electron chi connectivity index (χ4n) is 0.894. The van der Waals surface area contributed by atoms with E-state index in [0.29, 0.717) is 12.2 Å². The van der Waals surface area contributed by atoms with E-state index >= 15 is 0 Å². The fraction of sp³-hybridized carbons (Fsp3) is 0.250. The minimum Gasteiger partial charge on any atom is -0.296 e. The predicted octanol–water partition coefficient (Wildman–Crippen LogP) is 1.76. The zero-order valence-electron chi connectivity index (χ0n) is 6.70. The van der Waals surface area contributed by atoms with Crippen LogP contribution >= 0.6 is 11.6 Å². The average molecular weight is 185 g/mol. The van der Waals surface area contributed by atoms with Gasteiger partial charge < -0.3 is 0 Å². The monoisotopic (exact) mass is 184 g/mol. The van der Waals surface area contributed by atoms with Crippen LogP contribution in [0.2, 0.25) is 0 Å². The summed E-state index contributed by atoms with van der Waals surface area (Å²) < 4.78 is 1.66. The molecule has 0 aliphatic rings. The van der Waals surface area contributed by atoms with E-state index in [2.05, 4.69) is 5.10 Å². The zero-order valence-corrected chi connectivity index (χ0v) is 7.45. The molecule has 0 aliphatic carbocycles. The van der Waals surface area contributed by atoms with Crippen molar-refractivity contribution >= 4 is 17.9 Å². The van der Waals surface area contributed by atoms with Crippen molar-refractivity contribution in [2.75, 3.05) is 0 Å². The van der Waals surface area contributed by atoms with Crippen LogP contribution < -0.4 is 0 Å². The molecule has 4 heteroatoms. The van der Waals surface area contributed by atoms with E-state index in [9.17, 15) is 4.79 Å². The number of aryl methyl sites for hydroxylation is 1. The summed E-state index contributed by atoms with van der Waals surface area (Å²) in [6.45, 7) is 2.44. The number of allylic oxidation sites excluding steroid dienone is 1. The molecule has 0 saturated carbocycles. The minimum atomic E-state index is 0.484. The highest BCUT2D eigenvalue weighted by atomic mass is 35.5. The molecule has 1 aromatic rings. The summed E-state index contributed by atoms with van der Waals surface area (Å²) >= 11 is 5.34. The number of hydrogen-bond donors (Lipinski definition) is 0. The van der Waals surface area contributed by atoms with Crippen molar-refractivity contribution in [1.29, 1.82) is 0 Å². The van der Waals surface area contributed by atoms with Crippen molar-refractivity contribution in [3.8, 4) is 0 Å². The Bertz CT molecular complexity index is 304. The molecule has 0 N–H and O–H groups in total. The second-order valence-electron chi connectivity index (χ2n) is 2.40. The Labute approximate surface area is 75.6 Å². The van der Waals surface area contributed by atoms with Crippen LogP contribution in [0.5, 0.6) is 0 Å². The van der Waals surface area contributed by atoms with Crippen molar-refractivity contribution in [2.45, 2.75) is 13.5 Å². The molecule has 1 aromatic heterocycles. The molecule has 12 heavy (non-hydrogen) atoms. The number of halogens is 1. The van der Waals surface area contributed by atoms with Gasteiger partial charge in [0.25, 0.3) is 0 Å². The summed E-state index contributed by atoms with van der Waals surface area (Å²) in [7, 11) is 0. The highest BCUT2D eigenvalue weighted by Gasteiger charge is 2.01. The van der Waals surface area contributed by atoms with Gasteiger partial charge in [-0.3, -0.25) is 9.48 Å². The molecule has 64 valence electrons. The van der Waals surface area contributed by atoms with Gasteiger partial charge in [0.1, 0.15) is 5.69 Å². The molecule has 0 saturated heterocycles. The van der Waals surface area contributed by atoms with Crippen LogP contribution in [0, 0.1) is 6.92 Å². The Kier molecular flexibility index (Phi) is 3.05. The van der Waals surface area contributed by atoms with Gasteiger partial charge in [-0.25, -0.2) is 0 Å². The summed E-state index contributed by atoms with van der Waals surface area (Å²) in [5.74, 6) is 0. The second kappa shape index (κ2) is 4.07. The van der Waals surface area contributed by atoms with Crippen molar-refractivity contribution in [2.24, 2.45) is 0 Å². The van der Waals surface area contributed by atoms with E-state index in [1.54, 1.807) is 17.0 Å². The van der Waals surface area contributed by atoms with E-state index in [-0.39, 0.29) is 0 Å². The summed E-state index contributed by atoms with van der Waals surface area (Å²) in [4.78, 5) is 10.4. The highest BCUT2D eigenvalue weighted by molar-refractivity contribution is 6.25. The van der Waals surface area contributed by atoms with Crippen molar-refractivity contribution in [3.63, 3.8) is 0 Å². The summed E-state index contributed by atoms with van der Waals surface area (Å²) in [6, 6.07) is 0. The van der Waals surface area contributed by atoms with Crippen LogP contribution in [0.3, 0.4) is 0 Å². The predicted molar refractivity (Wildman–Crippen MR) is 47.3 cm³/mol. The van der Waals surface area contributed by atoms with Crippen LogP contribution in [0.15, 0.2) is 17.8 Å². The van der Waals surface area contributed by atoms with E-state index in [1.807, 2.05) is 6.92 Å². The Morgan fingerprint density at radius 1 is 1.75 bits per heavy atom. The summed E-state index contributed by atoms with van der Waals surface area (Å²) in [5.41, 5.74) is 2.79.